The van der Waals surface area contributed by atoms with Gasteiger partial charge in [-0.25, -0.2) is 14.5 Å². The molecule has 0 saturated carbocycles. The molecule has 128 valence electrons. The van der Waals surface area contributed by atoms with Crippen molar-refractivity contribution in [1.29, 1.82) is 0 Å². The van der Waals surface area contributed by atoms with E-state index < -0.39 is 5.97 Å². The van der Waals surface area contributed by atoms with Gasteiger partial charge in [-0.15, -0.1) is 5.10 Å². The SMILES string of the molecule is CC(C)OC(=O)/C=C\n1cnc(-c2cc(Cl)cc(OC(C)C)c2)n1. The van der Waals surface area contributed by atoms with Crippen LogP contribution in [-0.4, -0.2) is 32.9 Å². The quantitative estimate of drug-likeness (QED) is 0.586. The van der Waals surface area contributed by atoms with E-state index in [1.807, 2.05) is 19.9 Å². The third kappa shape index (κ3) is 5.38. The standard InChI is InChI=1S/C17H20ClN3O3/c1-11(2)23-15-8-13(7-14(18)9-15)17-19-10-21(20-17)6-5-16(22)24-12(3)4/h5-12H,1-4H3/b6-5-. The first-order chi connectivity index (χ1) is 11.3. The lowest BCUT2D eigenvalue weighted by Crippen LogP contribution is -2.08. The molecular formula is C17H20ClN3O3. The van der Waals surface area contributed by atoms with E-state index in [1.165, 1.54) is 23.3 Å². The number of aromatic nitrogens is 3. The van der Waals surface area contributed by atoms with Gasteiger partial charge in [0.15, 0.2) is 5.82 Å². The van der Waals surface area contributed by atoms with Gasteiger partial charge < -0.3 is 9.47 Å². The molecule has 0 aliphatic heterocycles. The van der Waals surface area contributed by atoms with E-state index in [0.29, 0.717) is 16.6 Å². The number of esters is 1. The fraction of sp³-hybridized carbons (Fsp3) is 0.353. The van der Waals surface area contributed by atoms with E-state index in [2.05, 4.69) is 10.1 Å². The Morgan fingerprint density at radius 1 is 1.21 bits per heavy atom. The number of carbonyl (C=O) groups excluding carboxylic acids is 1. The number of hydrogen-bond acceptors (Lipinski definition) is 5. The number of rotatable bonds is 6. The summed E-state index contributed by atoms with van der Waals surface area (Å²) in [6.07, 6.45) is 4.15. The van der Waals surface area contributed by atoms with Crippen LogP contribution < -0.4 is 4.74 Å². The van der Waals surface area contributed by atoms with Crippen molar-refractivity contribution < 1.29 is 14.3 Å². The van der Waals surface area contributed by atoms with Gasteiger partial charge >= 0.3 is 5.97 Å². The topological polar surface area (TPSA) is 66.2 Å². The van der Waals surface area contributed by atoms with Crippen LogP contribution in [0.25, 0.3) is 17.6 Å². The third-order valence-electron chi connectivity index (χ3n) is 2.73. The molecule has 0 saturated heterocycles. The maximum atomic E-state index is 11.5. The second-order valence-corrected chi connectivity index (χ2v) is 6.13. The van der Waals surface area contributed by atoms with Gasteiger partial charge in [-0.3, -0.25) is 0 Å². The second-order valence-electron chi connectivity index (χ2n) is 5.69. The normalized spacial score (nSPS) is 11.5. The molecular weight excluding hydrogens is 330 g/mol. The Morgan fingerprint density at radius 3 is 2.62 bits per heavy atom. The summed E-state index contributed by atoms with van der Waals surface area (Å²) >= 11 is 6.12. The lowest BCUT2D eigenvalue weighted by Gasteiger charge is -2.10. The summed E-state index contributed by atoms with van der Waals surface area (Å²) in [5, 5.41) is 4.83. The van der Waals surface area contributed by atoms with Gasteiger partial charge in [0.05, 0.1) is 12.2 Å². The number of hydrogen-bond donors (Lipinski definition) is 0. The molecule has 24 heavy (non-hydrogen) atoms. The molecule has 0 aliphatic rings. The first-order valence-corrected chi connectivity index (χ1v) is 7.99. The molecule has 0 bridgehead atoms. The van der Waals surface area contributed by atoms with E-state index in [0.717, 1.165) is 5.56 Å². The van der Waals surface area contributed by atoms with Crippen molar-refractivity contribution >= 4 is 23.8 Å². The number of halogens is 1. The zero-order chi connectivity index (χ0) is 17.7. The number of benzene rings is 1. The summed E-state index contributed by atoms with van der Waals surface area (Å²) < 4.78 is 12.1. The van der Waals surface area contributed by atoms with E-state index in [-0.39, 0.29) is 12.2 Å². The van der Waals surface area contributed by atoms with Crippen molar-refractivity contribution in [3.8, 4) is 17.1 Å². The Morgan fingerprint density at radius 2 is 1.96 bits per heavy atom. The molecule has 0 aliphatic carbocycles. The minimum atomic E-state index is -0.433. The van der Waals surface area contributed by atoms with Gasteiger partial charge in [0.1, 0.15) is 12.1 Å². The predicted octanol–water partition coefficient (Wildman–Crippen LogP) is 3.81. The number of nitrogens with zero attached hydrogens (tertiary/aromatic N) is 3. The Balaban J connectivity index is 2.17. The molecule has 0 amide bonds. The molecule has 0 atom stereocenters. The molecule has 0 fully saturated rings. The van der Waals surface area contributed by atoms with Gasteiger partial charge in [-0.05, 0) is 45.9 Å². The van der Waals surface area contributed by atoms with Crippen LogP contribution in [-0.2, 0) is 9.53 Å². The van der Waals surface area contributed by atoms with E-state index >= 15 is 0 Å². The summed E-state index contributed by atoms with van der Waals surface area (Å²) in [5.74, 6) is 0.699. The maximum Gasteiger partial charge on any atom is 0.332 e. The molecule has 0 N–H and O–H groups in total. The van der Waals surface area contributed by atoms with E-state index in [9.17, 15) is 4.79 Å². The molecule has 2 rings (SSSR count). The summed E-state index contributed by atoms with van der Waals surface area (Å²) in [6.45, 7) is 7.45. The predicted molar refractivity (Wildman–Crippen MR) is 92.8 cm³/mol. The Kier molecular flexibility index (Phi) is 5.98. The average Bonchev–Trinajstić information content (AvgIpc) is 2.92. The zero-order valence-corrected chi connectivity index (χ0v) is 14.8. The summed E-state index contributed by atoms with van der Waals surface area (Å²) in [4.78, 5) is 15.7. The summed E-state index contributed by atoms with van der Waals surface area (Å²) in [5.41, 5.74) is 0.732. The van der Waals surface area contributed by atoms with Crippen LogP contribution >= 0.6 is 11.6 Å². The smallest absolute Gasteiger partial charge is 0.332 e. The molecule has 6 nitrogen and oxygen atoms in total. The molecule has 1 heterocycles. The summed E-state index contributed by atoms with van der Waals surface area (Å²) in [7, 11) is 0. The van der Waals surface area contributed by atoms with Crippen molar-refractivity contribution in [1.82, 2.24) is 14.8 Å². The molecule has 0 spiro atoms. The molecule has 7 heteroatoms. The zero-order valence-electron chi connectivity index (χ0n) is 14.1. The first kappa shape index (κ1) is 18.0. The lowest BCUT2D eigenvalue weighted by atomic mass is 10.2. The second kappa shape index (κ2) is 7.97. The van der Waals surface area contributed by atoms with Crippen LogP contribution in [0.2, 0.25) is 5.02 Å². The fourth-order valence-corrected chi connectivity index (χ4v) is 2.14. The minimum Gasteiger partial charge on any atom is -0.491 e. The molecule has 1 aromatic carbocycles. The van der Waals surface area contributed by atoms with E-state index in [4.69, 9.17) is 21.1 Å². The van der Waals surface area contributed by atoms with Crippen molar-refractivity contribution in [2.24, 2.45) is 0 Å². The highest BCUT2D eigenvalue weighted by molar-refractivity contribution is 6.31. The minimum absolute atomic E-state index is 0.0386. The highest BCUT2D eigenvalue weighted by Crippen LogP contribution is 2.27. The molecule has 0 radical (unpaired) electrons. The fourth-order valence-electron chi connectivity index (χ4n) is 1.92. The van der Waals surface area contributed by atoms with Crippen molar-refractivity contribution in [3.63, 3.8) is 0 Å². The first-order valence-electron chi connectivity index (χ1n) is 7.61. The molecule has 0 unspecified atom stereocenters. The van der Waals surface area contributed by atoms with Crippen LogP contribution in [0.4, 0.5) is 0 Å². The Hall–Kier alpha value is -2.34. The Labute approximate surface area is 146 Å². The van der Waals surface area contributed by atoms with Crippen LogP contribution in [0.1, 0.15) is 27.7 Å². The monoisotopic (exact) mass is 349 g/mol. The lowest BCUT2D eigenvalue weighted by molar-refractivity contribution is -0.141. The van der Waals surface area contributed by atoms with Crippen LogP contribution in [0.3, 0.4) is 0 Å². The Bertz CT molecular complexity index is 738. The summed E-state index contributed by atoms with van der Waals surface area (Å²) in [6, 6.07) is 5.32. The van der Waals surface area contributed by atoms with Crippen molar-refractivity contribution in [2.75, 3.05) is 0 Å². The largest absolute Gasteiger partial charge is 0.491 e. The number of ether oxygens (including phenoxy) is 2. The van der Waals surface area contributed by atoms with Crippen molar-refractivity contribution in [3.05, 3.63) is 35.6 Å². The molecule has 1 aromatic heterocycles. The van der Waals surface area contributed by atoms with Crippen LogP contribution in [0.15, 0.2) is 30.6 Å². The van der Waals surface area contributed by atoms with Gasteiger partial charge in [0, 0.05) is 22.9 Å². The highest BCUT2D eigenvalue weighted by Gasteiger charge is 2.09. The third-order valence-corrected chi connectivity index (χ3v) is 2.94. The molecule has 2 aromatic rings. The van der Waals surface area contributed by atoms with Gasteiger partial charge in [0.2, 0.25) is 0 Å². The van der Waals surface area contributed by atoms with Crippen molar-refractivity contribution in [2.45, 2.75) is 39.9 Å². The highest BCUT2D eigenvalue weighted by atomic mass is 35.5. The van der Waals surface area contributed by atoms with Gasteiger partial charge in [-0.2, -0.15) is 0 Å². The van der Waals surface area contributed by atoms with Gasteiger partial charge in [0.25, 0.3) is 0 Å². The van der Waals surface area contributed by atoms with Crippen LogP contribution in [0, 0.1) is 0 Å². The van der Waals surface area contributed by atoms with Crippen LogP contribution in [0.5, 0.6) is 5.75 Å². The average molecular weight is 350 g/mol. The van der Waals surface area contributed by atoms with Gasteiger partial charge in [-0.1, -0.05) is 11.6 Å². The maximum absolute atomic E-state index is 11.5. The number of carbonyl (C=O) groups is 1. The van der Waals surface area contributed by atoms with E-state index in [1.54, 1.807) is 26.0 Å².